The van der Waals surface area contributed by atoms with Gasteiger partial charge in [0.25, 0.3) is 0 Å². The van der Waals surface area contributed by atoms with E-state index in [1.807, 2.05) is 45.0 Å². The molecule has 1 aromatic carbocycles. The van der Waals surface area contributed by atoms with E-state index in [1.165, 1.54) is 4.31 Å². The molecule has 1 aromatic rings. The number of anilines is 1. The standard InChI is InChI=1S/C15H24N2O3S/c1-12(2)20-8-9-21(18,19)17-11-13(3)16-10-14-6-4-5-7-15(14)17/h4-7,12-13,16H,8-11H2,1-3H3. The van der Waals surface area contributed by atoms with Crippen molar-refractivity contribution in [2.45, 2.75) is 39.5 Å². The lowest BCUT2D eigenvalue weighted by molar-refractivity contribution is 0.0912. The Bertz CT molecular complexity index is 572. The first-order valence-electron chi connectivity index (χ1n) is 7.33. The molecule has 1 aliphatic rings. The van der Waals surface area contributed by atoms with Crippen molar-refractivity contribution in [1.82, 2.24) is 5.32 Å². The van der Waals surface area contributed by atoms with Gasteiger partial charge in [-0.2, -0.15) is 0 Å². The number of rotatable bonds is 5. The summed E-state index contributed by atoms with van der Waals surface area (Å²) in [4.78, 5) is 0. The predicted octanol–water partition coefficient (Wildman–Crippen LogP) is 1.74. The van der Waals surface area contributed by atoms with Crippen LogP contribution < -0.4 is 9.62 Å². The number of para-hydroxylation sites is 1. The Balaban J connectivity index is 2.23. The molecule has 0 aromatic heterocycles. The summed E-state index contributed by atoms with van der Waals surface area (Å²) in [7, 11) is -3.38. The van der Waals surface area contributed by atoms with Crippen molar-refractivity contribution in [3.8, 4) is 0 Å². The molecule has 6 heteroatoms. The lowest BCUT2D eigenvalue weighted by atomic mass is 10.2. The maximum absolute atomic E-state index is 12.6. The molecule has 21 heavy (non-hydrogen) atoms. The molecule has 0 bridgehead atoms. The fourth-order valence-electron chi connectivity index (χ4n) is 2.36. The van der Waals surface area contributed by atoms with Gasteiger partial charge in [0.2, 0.25) is 10.0 Å². The van der Waals surface area contributed by atoms with Gasteiger partial charge in [0.05, 0.1) is 24.2 Å². The highest BCUT2D eigenvalue weighted by atomic mass is 32.2. The first-order valence-corrected chi connectivity index (χ1v) is 8.94. The molecule has 0 saturated heterocycles. The van der Waals surface area contributed by atoms with Gasteiger partial charge >= 0.3 is 0 Å². The van der Waals surface area contributed by atoms with Gasteiger partial charge in [0, 0.05) is 19.1 Å². The van der Waals surface area contributed by atoms with Crippen LogP contribution in [0.3, 0.4) is 0 Å². The van der Waals surface area contributed by atoms with Gasteiger partial charge in [-0.3, -0.25) is 4.31 Å². The number of nitrogens with one attached hydrogen (secondary N) is 1. The second-order valence-corrected chi connectivity index (χ2v) is 7.69. The summed E-state index contributed by atoms with van der Waals surface area (Å²) in [5.41, 5.74) is 1.79. The van der Waals surface area contributed by atoms with Crippen LogP contribution in [0.25, 0.3) is 0 Å². The summed E-state index contributed by atoms with van der Waals surface area (Å²) < 4.78 is 32.2. The number of nitrogens with zero attached hydrogens (tertiary/aromatic N) is 1. The third-order valence-electron chi connectivity index (χ3n) is 3.47. The third-order valence-corrected chi connectivity index (χ3v) is 5.17. The average molecular weight is 312 g/mol. The molecule has 5 nitrogen and oxygen atoms in total. The Morgan fingerprint density at radius 2 is 2.10 bits per heavy atom. The highest BCUT2D eigenvalue weighted by molar-refractivity contribution is 7.92. The molecule has 1 unspecified atom stereocenters. The van der Waals surface area contributed by atoms with Crippen LogP contribution >= 0.6 is 0 Å². The normalized spacial score (nSPS) is 19.4. The van der Waals surface area contributed by atoms with Crippen LogP contribution in [-0.2, 0) is 21.3 Å². The maximum atomic E-state index is 12.6. The van der Waals surface area contributed by atoms with Gasteiger partial charge in [-0.15, -0.1) is 0 Å². The van der Waals surface area contributed by atoms with E-state index in [-0.39, 0.29) is 24.5 Å². The van der Waals surface area contributed by atoms with Crippen molar-refractivity contribution in [1.29, 1.82) is 0 Å². The minimum Gasteiger partial charge on any atom is -0.378 e. The van der Waals surface area contributed by atoms with Crippen LogP contribution in [-0.4, -0.2) is 39.5 Å². The summed E-state index contributed by atoms with van der Waals surface area (Å²) >= 11 is 0. The summed E-state index contributed by atoms with van der Waals surface area (Å²) in [6.45, 7) is 7.16. The van der Waals surface area contributed by atoms with Crippen LogP contribution in [0, 0.1) is 0 Å². The Labute approximate surface area is 127 Å². The van der Waals surface area contributed by atoms with E-state index in [0.717, 1.165) is 11.3 Å². The molecule has 0 spiro atoms. The smallest absolute Gasteiger partial charge is 0.237 e. The second-order valence-electron chi connectivity index (χ2n) is 5.68. The van der Waals surface area contributed by atoms with Crippen LogP contribution in [0.2, 0.25) is 0 Å². The molecular weight excluding hydrogens is 288 g/mol. The summed E-state index contributed by atoms with van der Waals surface area (Å²) in [6.07, 6.45) is 0.0391. The molecule has 0 radical (unpaired) electrons. The van der Waals surface area contributed by atoms with Gasteiger partial charge in [-0.05, 0) is 32.4 Å². The highest BCUT2D eigenvalue weighted by Crippen LogP contribution is 2.26. The molecule has 1 atom stereocenters. The molecule has 1 N–H and O–H groups in total. The van der Waals surface area contributed by atoms with Crippen LogP contribution in [0.1, 0.15) is 26.3 Å². The lowest BCUT2D eigenvalue weighted by Gasteiger charge is -2.26. The first kappa shape index (κ1) is 16.3. The average Bonchev–Trinajstić information content (AvgIpc) is 2.58. The van der Waals surface area contributed by atoms with Gasteiger partial charge in [0.15, 0.2) is 0 Å². The van der Waals surface area contributed by atoms with E-state index in [0.29, 0.717) is 13.1 Å². The molecule has 0 fully saturated rings. The highest BCUT2D eigenvalue weighted by Gasteiger charge is 2.28. The Morgan fingerprint density at radius 3 is 2.81 bits per heavy atom. The number of fused-ring (bicyclic) bond motifs is 1. The number of sulfonamides is 1. The Hall–Kier alpha value is -1.11. The van der Waals surface area contributed by atoms with Gasteiger partial charge in [-0.25, -0.2) is 8.42 Å². The lowest BCUT2D eigenvalue weighted by Crippen LogP contribution is -2.41. The largest absolute Gasteiger partial charge is 0.378 e. The Kier molecular flexibility index (Phi) is 5.24. The molecular formula is C15H24N2O3S. The third kappa shape index (κ3) is 4.18. The first-order chi connectivity index (χ1) is 9.90. The summed E-state index contributed by atoms with van der Waals surface area (Å²) in [5, 5.41) is 3.34. The van der Waals surface area contributed by atoms with Gasteiger partial charge in [0.1, 0.15) is 0 Å². The zero-order valence-electron chi connectivity index (χ0n) is 12.9. The monoisotopic (exact) mass is 312 g/mol. The molecule has 0 amide bonds. The number of hydrogen-bond donors (Lipinski definition) is 1. The molecule has 0 saturated carbocycles. The van der Waals surface area contributed by atoms with Crippen LogP contribution in [0.5, 0.6) is 0 Å². The van der Waals surface area contributed by atoms with E-state index >= 15 is 0 Å². The molecule has 1 aliphatic heterocycles. The molecule has 1 heterocycles. The maximum Gasteiger partial charge on any atom is 0.237 e. The zero-order valence-corrected chi connectivity index (χ0v) is 13.7. The van der Waals surface area contributed by atoms with Crippen molar-refractivity contribution < 1.29 is 13.2 Å². The van der Waals surface area contributed by atoms with Crippen molar-refractivity contribution >= 4 is 15.7 Å². The summed E-state index contributed by atoms with van der Waals surface area (Å²) in [5.74, 6) is 0.00618. The van der Waals surface area contributed by atoms with Crippen molar-refractivity contribution in [3.63, 3.8) is 0 Å². The van der Waals surface area contributed by atoms with E-state index in [4.69, 9.17) is 4.74 Å². The van der Waals surface area contributed by atoms with Crippen molar-refractivity contribution in [3.05, 3.63) is 29.8 Å². The van der Waals surface area contributed by atoms with Crippen LogP contribution in [0.15, 0.2) is 24.3 Å². The second kappa shape index (κ2) is 6.77. The SMILES string of the molecule is CC1CN(S(=O)(=O)CCOC(C)C)c2ccccc2CN1. The number of ether oxygens (including phenoxy) is 1. The van der Waals surface area contributed by atoms with Gasteiger partial charge < -0.3 is 10.1 Å². The Morgan fingerprint density at radius 1 is 1.38 bits per heavy atom. The number of hydrogen-bond acceptors (Lipinski definition) is 4. The fraction of sp³-hybridized carbons (Fsp3) is 0.600. The minimum absolute atomic E-state index is 0.00618. The van der Waals surface area contributed by atoms with Crippen LogP contribution in [0.4, 0.5) is 5.69 Å². The summed E-state index contributed by atoms with van der Waals surface area (Å²) in [6, 6.07) is 7.76. The van der Waals surface area contributed by atoms with Crippen molar-refractivity contribution in [2.75, 3.05) is 23.2 Å². The van der Waals surface area contributed by atoms with E-state index < -0.39 is 10.0 Å². The molecule has 2 rings (SSSR count). The zero-order chi connectivity index (χ0) is 15.5. The molecule has 0 aliphatic carbocycles. The topological polar surface area (TPSA) is 58.6 Å². The van der Waals surface area contributed by atoms with Crippen molar-refractivity contribution in [2.24, 2.45) is 0 Å². The van der Waals surface area contributed by atoms with Gasteiger partial charge in [-0.1, -0.05) is 18.2 Å². The number of benzene rings is 1. The fourth-order valence-corrected chi connectivity index (χ4v) is 3.82. The van der Waals surface area contributed by atoms with E-state index in [1.54, 1.807) is 0 Å². The van der Waals surface area contributed by atoms with E-state index in [9.17, 15) is 8.42 Å². The quantitative estimate of drug-likeness (QED) is 0.900. The van der Waals surface area contributed by atoms with E-state index in [2.05, 4.69) is 5.32 Å². The predicted molar refractivity (Wildman–Crippen MR) is 85.0 cm³/mol. The molecule has 118 valence electrons. The minimum atomic E-state index is -3.38.